The van der Waals surface area contributed by atoms with E-state index in [4.69, 9.17) is 0 Å². The molecule has 7 heteroatoms. The van der Waals surface area contributed by atoms with Crippen molar-refractivity contribution in [3.8, 4) is 0 Å². The van der Waals surface area contributed by atoms with Crippen molar-refractivity contribution in [3.63, 3.8) is 0 Å². The summed E-state index contributed by atoms with van der Waals surface area (Å²) in [6, 6.07) is 4.18. The molecule has 0 aromatic carbocycles. The molecule has 0 spiro atoms. The summed E-state index contributed by atoms with van der Waals surface area (Å²) < 4.78 is 0. The number of nitrogens with zero attached hydrogens (tertiary/aromatic N) is 5. The van der Waals surface area contributed by atoms with Crippen LogP contribution in [-0.4, -0.2) is 73.4 Å². The fourth-order valence-corrected chi connectivity index (χ4v) is 5.12. The lowest BCUT2D eigenvalue weighted by Crippen LogP contribution is -2.42. The molecule has 7 nitrogen and oxygen atoms in total. The molecule has 4 heterocycles. The average molecular weight is 415 g/mol. The normalized spacial score (nSPS) is 23.7. The topological polar surface area (TPSA) is 64.6 Å². The van der Waals surface area contributed by atoms with Crippen LogP contribution < -0.4 is 15.1 Å². The van der Waals surface area contributed by atoms with E-state index in [1.807, 2.05) is 0 Å². The Kier molecular flexibility index (Phi) is 7.42. The van der Waals surface area contributed by atoms with E-state index in [9.17, 15) is 4.79 Å². The molecule has 3 aliphatic heterocycles. The molecule has 0 saturated carbocycles. The summed E-state index contributed by atoms with van der Waals surface area (Å²) in [5.74, 6) is 3.11. The maximum atomic E-state index is 12.6. The second-order valence-electron chi connectivity index (χ2n) is 9.40. The molecule has 1 N–H and O–H groups in total. The molecule has 1 aromatic rings. The summed E-state index contributed by atoms with van der Waals surface area (Å²) in [4.78, 5) is 19.7. The zero-order chi connectivity index (χ0) is 20.8. The molecule has 166 valence electrons. The third kappa shape index (κ3) is 5.62. The number of nitrogens with one attached hydrogen (secondary N) is 1. The number of rotatable bonds is 7. The predicted molar refractivity (Wildman–Crippen MR) is 121 cm³/mol. The summed E-state index contributed by atoms with van der Waals surface area (Å²) in [6.45, 7) is 10.6. The summed E-state index contributed by atoms with van der Waals surface area (Å²) in [5, 5.41) is 12.1. The minimum absolute atomic E-state index is 0.132. The first-order chi connectivity index (χ1) is 14.7. The van der Waals surface area contributed by atoms with Crippen LogP contribution in [0.1, 0.15) is 51.9 Å². The lowest BCUT2D eigenvalue weighted by atomic mass is 9.96. The van der Waals surface area contributed by atoms with Gasteiger partial charge in [0.15, 0.2) is 11.6 Å². The smallest absolute Gasteiger partial charge is 0.223 e. The lowest BCUT2D eigenvalue weighted by Gasteiger charge is -2.32. The highest BCUT2D eigenvalue weighted by molar-refractivity contribution is 5.78. The molecule has 4 rings (SSSR count). The number of likely N-dealkylation sites (tertiary alicyclic amines) is 1. The van der Waals surface area contributed by atoms with Gasteiger partial charge in [0, 0.05) is 45.2 Å². The van der Waals surface area contributed by atoms with Crippen LogP contribution in [-0.2, 0) is 4.79 Å². The van der Waals surface area contributed by atoms with Crippen molar-refractivity contribution in [1.29, 1.82) is 0 Å². The van der Waals surface area contributed by atoms with Gasteiger partial charge in [0.1, 0.15) is 0 Å². The highest BCUT2D eigenvalue weighted by Crippen LogP contribution is 2.24. The van der Waals surface area contributed by atoms with Crippen LogP contribution in [0.5, 0.6) is 0 Å². The van der Waals surface area contributed by atoms with Crippen LogP contribution in [0.25, 0.3) is 0 Å². The number of carbonyl (C=O) groups is 1. The highest BCUT2D eigenvalue weighted by atomic mass is 16.1. The highest BCUT2D eigenvalue weighted by Gasteiger charge is 2.26. The largest absolute Gasteiger partial charge is 0.356 e. The fraction of sp³-hybridized carbons (Fsp3) is 0.783. The molecule has 3 saturated heterocycles. The van der Waals surface area contributed by atoms with E-state index in [2.05, 4.69) is 49.3 Å². The summed E-state index contributed by atoms with van der Waals surface area (Å²) in [6.07, 6.45) is 8.01. The minimum atomic E-state index is 0.132. The van der Waals surface area contributed by atoms with E-state index in [1.54, 1.807) is 0 Å². The molecular weight excluding hydrogens is 376 g/mol. The van der Waals surface area contributed by atoms with E-state index < -0.39 is 0 Å². The van der Waals surface area contributed by atoms with Gasteiger partial charge in [-0.15, -0.1) is 10.2 Å². The van der Waals surface area contributed by atoms with Gasteiger partial charge in [-0.1, -0.05) is 6.92 Å². The molecular formula is C23H38N6O. The summed E-state index contributed by atoms with van der Waals surface area (Å²) in [7, 11) is 0. The van der Waals surface area contributed by atoms with Gasteiger partial charge in [0.25, 0.3) is 0 Å². The molecule has 30 heavy (non-hydrogen) atoms. The predicted octanol–water partition coefficient (Wildman–Crippen LogP) is 2.53. The third-order valence-corrected chi connectivity index (χ3v) is 6.95. The monoisotopic (exact) mass is 414 g/mol. The van der Waals surface area contributed by atoms with Crippen molar-refractivity contribution in [1.82, 2.24) is 20.4 Å². The van der Waals surface area contributed by atoms with Crippen LogP contribution in [0.15, 0.2) is 12.1 Å². The van der Waals surface area contributed by atoms with Crippen LogP contribution in [0.2, 0.25) is 0 Å². The van der Waals surface area contributed by atoms with Crippen LogP contribution in [0, 0.1) is 11.8 Å². The van der Waals surface area contributed by atoms with Gasteiger partial charge in [0.05, 0.1) is 0 Å². The van der Waals surface area contributed by atoms with Crippen molar-refractivity contribution < 1.29 is 4.79 Å². The Morgan fingerprint density at radius 1 is 0.967 bits per heavy atom. The summed E-state index contributed by atoms with van der Waals surface area (Å²) >= 11 is 0. The summed E-state index contributed by atoms with van der Waals surface area (Å²) in [5.41, 5.74) is 0. The van der Waals surface area contributed by atoms with Crippen molar-refractivity contribution in [2.24, 2.45) is 11.8 Å². The zero-order valence-electron chi connectivity index (χ0n) is 18.6. The molecule has 0 radical (unpaired) electrons. The number of anilines is 2. The van der Waals surface area contributed by atoms with Gasteiger partial charge >= 0.3 is 0 Å². The minimum Gasteiger partial charge on any atom is -0.356 e. The molecule has 0 unspecified atom stereocenters. The van der Waals surface area contributed by atoms with Gasteiger partial charge in [-0.25, -0.2) is 0 Å². The Balaban J connectivity index is 1.14. The number of aromatic nitrogens is 2. The second-order valence-corrected chi connectivity index (χ2v) is 9.40. The van der Waals surface area contributed by atoms with Crippen LogP contribution in [0.4, 0.5) is 11.6 Å². The molecule has 3 aliphatic rings. The molecule has 1 aromatic heterocycles. The Morgan fingerprint density at radius 3 is 2.27 bits per heavy atom. The van der Waals surface area contributed by atoms with E-state index in [0.717, 1.165) is 76.1 Å². The standard InChI is InChI=1S/C23H38N6O/c1-19-6-4-12-27(18-19)13-5-11-24-23(30)20-9-16-29(17-10-20)22-8-7-21(25-26-22)28-14-2-3-15-28/h7-8,19-20H,2-6,9-18H2,1H3,(H,24,30)/t19-/m1/s1. The molecule has 0 bridgehead atoms. The quantitative estimate of drug-likeness (QED) is 0.692. The van der Waals surface area contributed by atoms with E-state index in [1.165, 1.54) is 38.8 Å². The van der Waals surface area contributed by atoms with Crippen molar-refractivity contribution in [3.05, 3.63) is 12.1 Å². The van der Waals surface area contributed by atoms with E-state index in [-0.39, 0.29) is 11.8 Å². The second kappa shape index (κ2) is 10.4. The Bertz CT molecular complexity index is 667. The number of amides is 1. The average Bonchev–Trinajstić information content (AvgIpc) is 3.32. The Labute approximate surface area is 181 Å². The Hall–Kier alpha value is -1.89. The first-order valence-corrected chi connectivity index (χ1v) is 12.0. The van der Waals surface area contributed by atoms with Gasteiger partial charge in [-0.05, 0) is 76.1 Å². The third-order valence-electron chi connectivity index (χ3n) is 6.95. The molecule has 1 atom stereocenters. The first-order valence-electron chi connectivity index (χ1n) is 12.0. The SMILES string of the molecule is C[C@@H]1CCCN(CCCNC(=O)C2CCN(c3ccc(N4CCCC4)nn3)CC2)C1. The van der Waals surface area contributed by atoms with Crippen LogP contribution in [0.3, 0.4) is 0 Å². The fourth-order valence-electron chi connectivity index (χ4n) is 5.12. The van der Waals surface area contributed by atoms with E-state index in [0.29, 0.717) is 0 Å². The zero-order valence-corrected chi connectivity index (χ0v) is 18.6. The van der Waals surface area contributed by atoms with Gasteiger partial charge in [-0.2, -0.15) is 0 Å². The maximum absolute atomic E-state index is 12.6. The number of carbonyl (C=O) groups excluding carboxylic acids is 1. The number of piperidine rings is 2. The van der Waals surface area contributed by atoms with Crippen molar-refractivity contribution in [2.45, 2.75) is 51.9 Å². The number of hydrogen-bond donors (Lipinski definition) is 1. The lowest BCUT2D eigenvalue weighted by molar-refractivity contribution is -0.125. The van der Waals surface area contributed by atoms with Crippen LogP contribution >= 0.6 is 0 Å². The maximum Gasteiger partial charge on any atom is 0.223 e. The number of hydrogen-bond acceptors (Lipinski definition) is 6. The van der Waals surface area contributed by atoms with Crippen molar-refractivity contribution >= 4 is 17.5 Å². The molecule has 0 aliphatic carbocycles. The van der Waals surface area contributed by atoms with Gasteiger partial charge in [-0.3, -0.25) is 4.79 Å². The van der Waals surface area contributed by atoms with Gasteiger partial charge in [0.2, 0.25) is 5.91 Å². The van der Waals surface area contributed by atoms with Gasteiger partial charge < -0.3 is 20.0 Å². The molecule has 1 amide bonds. The first kappa shape index (κ1) is 21.3. The van der Waals surface area contributed by atoms with E-state index >= 15 is 0 Å². The Morgan fingerprint density at radius 2 is 1.63 bits per heavy atom. The molecule has 3 fully saturated rings. The van der Waals surface area contributed by atoms with Crippen molar-refractivity contribution in [2.75, 3.05) is 62.2 Å².